The van der Waals surface area contributed by atoms with Crippen LogP contribution in [-0.2, 0) is 4.79 Å². The van der Waals surface area contributed by atoms with Crippen molar-refractivity contribution < 1.29 is 14.1 Å². The Bertz CT molecular complexity index is 1270. The van der Waals surface area contributed by atoms with E-state index in [9.17, 15) is 24.6 Å². The molecule has 0 unspecified atom stereocenters. The summed E-state index contributed by atoms with van der Waals surface area (Å²) in [6.45, 7) is 5.46. The lowest BCUT2D eigenvalue weighted by molar-refractivity contribution is -0.384. The molecule has 1 amide bonds. The van der Waals surface area contributed by atoms with Crippen molar-refractivity contribution in [2.45, 2.75) is 20.8 Å². The van der Waals surface area contributed by atoms with Crippen LogP contribution in [0.5, 0.6) is 0 Å². The zero-order valence-electron chi connectivity index (χ0n) is 17.1. The van der Waals surface area contributed by atoms with Gasteiger partial charge in [0, 0.05) is 29.2 Å². The van der Waals surface area contributed by atoms with Gasteiger partial charge in [-0.25, -0.2) is 4.39 Å². The van der Waals surface area contributed by atoms with Crippen molar-refractivity contribution in [2.24, 2.45) is 0 Å². The van der Waals surface area contributed by atoms with E-state index in [0.29, 0.717) is 11.1 Å². The van der Waals surface area contributed by atoms with Crippen LogP contribution in [0.4, 0.5) is 15.8 Å². The second-order valence-electron chi connectivity index (χ2n) is 6.99. The fourth-order valence-corrected chi connectivity index (χ4v) is 3.36. The van der Waals surface area contributed by atoms with Gasteiger partial charge in [0.25, 0.3) is 11.6 Å². The lowest BCUT2D eigenvalue weighted by atomic mass is 10.1. The van der Waals surface area contributed by atoms with Crippen molar-refractivity contribution in [3.05, 3.63) is 92.6 Å². The maximum Gasteiger partial charge on any atom is 0.269 e. The first-order valence-electron chi connectivity index (χ1n) is 9.35. The summed E-state index contributed by atoms with van der Waals surface area (Å²) in [4.78, 5) is 23.0. The summed E-state index contributed by atoms with van der Waals surface area (Å²) in [7, 11) is 0. The Morgan fingerprint density at radius 1 is 1.19 bits per heavy atom. The van der Waals surface area contributed by atoms with Crippen molar-refractivity contribution >= 4 is 23.4 Å². The molecule has 2 aromatic carbocycles. The van der Waals surface area contributed by atoms with Crippen molar-refractivity contribution in [1.29, 1.82) is 5.26 Å². The predicted molar refractivity (Wildman–Crippen MR) is 115 cm³/mol. The first-order chi connectivity index (χ1) is 14.7. The maximum absolute atomic E-state index is 13.8. The highest BCUT2D eigenvalue weighted by molar-refractivity contribution is 6.09. The molecular formula is C23H19FN4O3. The smallest absolute Gasteiger partial charge is 0.269 e. The summed E-state index contributed by atoms with van der Waals surface area (Å²) >= 11 is 0. The molecule has 1 N–H and O–H groups in total. The molecule has 0 radical (unpaired) electrons. The van der Waals surface area contributed by atoms with E-state index in [1.165, 1.54) is 36.4 Å². The number of para-hydroxylation sites is 1. The number of carbonyl (C=O) groups excluding carboxylic acids is 1. The average Bonchev–Trinajstić information content (AvgIpc) is 3.00. The number of aryl methyl sites for hydroxylation is 2. The minimum Gasteiger partial charge on any atom is -0.319 e. The highest BCUT2D eigenvalue weighted by Crippen LogP contribution is 2.27. The number of anilines is 1. The largest absolute Gasteiger partial charge is 0.319 e. The number of benzene rings is 2. The second-order valence-corrected chi connectivity index (χ2v) is 6.99. The minimum absolute atomic E-state index is 0.000383. The Morgan fingerprint density at radius 2 is 1.90 bits per heavy atom. The van der Waals surface area contributed by atoms with E-state index in [1.807, 2.05) is 30.6 Å². The molecule has 0 saturated carbocycles. The average molecular weight is 418 g/mol. The summed E-state index contributed by atoms with van der Waals surface area (Å²) in [6, 6.07) is 14.0. The first-order valence-corrected chi connectivity index (χ1v) is 9.35. The summed E-state index contributed by atoms with van der Waals surface area (Å²) in [5.74, 6) is -1.32. The zero-order chi connectivity index (χ0) is 22.7. The monoisotopic (exact) mass is 418 g/mol. The van der Waals surface area contributed by atoms with Gasteiger partial charge in [-0.2, -0.15) is 5.26 Å². The third-order valence-corrected chi connectivity index (χ3v) is 4.89. The number of hydrogen-bond donors (Lipinski definition) is 1. The third-order valence-electron chi connectivity index (χ3n) is 4.89. The van der Waals surface area contributed by atoms with Crippen molar-refractivity contribution in [2.75, 3.05) is 5.32 Å². The number of nitrogens with one attached hydrogen (secondary N) is 1. The van der Waals surface area contributed by atoms with E-state index in [1.54, 1.807) is 19.1 Å². The molecule has 1 heterocycles. The van der Waals surface area contributed by atoms with Crippen molar-refractivity contribution in [3.8, 4) is 11.8 Å². The molecule has 156 valence electrons. The molecule has 3 aromatic rings. The molecule has 31 heavy (non-hydrogen) atoms. The molecule has 0 bridgehead atoms. The van der Waals surface area contributed by atoms with Crippen LogP contribution >= 0.6 is 0 Å². The fourth-order valence-electron chi connectivity index (χ4n) is 3.36. The summed E-state index contributed by atoms with van der Waals surface area (Å²) < 4.78 is 15.7. The molecule has 0 atom stereocenters. The Labute approximate surface area is 178 Å². The summed E-state index contributed by atoms with van der Waals surface area (Å²) in [5, 5.41) is 22.9. The summed E-state index contributed by atoms with van der Waals surface area (Å²) in [6.07, 6.45) is 1.44. The van der Waals surface area contributed by atoms with Gasteiger partial charge in [-0.15, -0.1) is 0 Å². The standard InChI is InChI=1S/C23H19FN4O3/c1-14-10-19(28(30)31)8-9-22(14)27-15(2)11-17(16(27)3)12-18(13-25)23(29)26-21-7-5-4-6-20(21)24/h4-12H,1-3H3,(H,26,29)/b18-12-. The molecule has 0 aliphatic heterocycles. The van der Waals surface area contributed by atoms with Gasteiger partial charge in [0.2, 0.25) is 0 Å². The van der Waals surface area contributed by atoms with Gasteiger partial charge in [0.05, 0.1) is 10.6 Å². The van der Waals surface area contributed by atoms with Gasteiger partial charge in [-0.05, 0) is 62.2 Å². The van der Waals surface area contributed by atoms with E-state index in [4.69, 9.17) is 0 Å². The van der Waals surface area contributed by atoms with Crippen LogP contribution in [0.1, 0.15) is 22.5 Å². The number of non-ortho nitro benzene ring substituents is 1. The Morgan fingerprint density at radius 3 is 2.52 bits per heavy atom. The van der Waals surface area contributed by atoms with Gasteiger partial charge in [0.1, 0.15) is 17.5 Å². The van der Waals surface area contributed by atoms with Gasteiger partial charge in [-0.1, -0.05) is 12.1 Å². The first kappa shape index (κ1) is 21.5. The highest BCUT2D eigenvalue weighted by atomic mass is 19.1. The van der Waals surface area contributed by atoms with Crippen molar-refractivity contribution in [1.82, 2.24) is 4.57 Å². The van der Waals surface area contributed by atoms with Gasteiger partial charge >= 0.3 is 0 Å². The number of aromatic nitrogens is 1. The number of hydrogen-bond acceptors (Lipinski definition) is 4. The van der Waals surface area contributed by atoms with E-state index < -0.39 is 16.6 Å². The molecule has 1 aromatic heterocycles. The van der Waals surface area contributed by atoms with Crippen LogP contribution in [-0.4, -0.2) is 15.4 Å². The Balaban J connectivity index is 1.98. The molecule has 0 aliphatic rings. The number of nitro benzene ring substituents is 1. The molecule has 7 nitrogen and oxygen atoms in total. The zero-order valence-corrected chi connectivity index (χ0v) is 17.1. The van der Waals surface area contributed by atoms with E-state index in [2.05, 4.69) is 5.32 Å². The van der Waals surface area contributed by atoms with E-state index in [0.717, 1.165) is 17.1 Å². The molecule has 8 heteroatoms. The SMILES string of the molecule is Cc1cc([N+](=O)[O-])ccc1-n1c(C)cc(/C=C(/C#N)C(=O)Nc2ccccc2F)c1C. The number of amides is 1. The van der Waals surface area contributed by atoms with Crippen LogP contribution in [0.2, 0.25) is 0 Å². The topological polar surface area (TPSA) is 101 Å². The van der Waals surface area contributed by atoms with Crippen LogP contribution < -0.4 is 5.32 Å². The molecular weight excluding hydrogens is 399 g/mol. The number of nitrogens with zero attached hydrogens (tertiary/aromatic N) is 3. The molecule has 0 fully saturated rings. The number of nitriles is 1. The fraction of sp³-hybridized carbons (Fsp3) is 0.130. The Kier molecular flexibility index (Phi) is 5.97. The van der Waals surface area contributed by atoms with Crippen LogP contribution in [0.25, 0.3) is 11.8 Å². The number of rotatable bonds is 5. The lowest BCUT2D eigenvalue weighted by Crippen LogP contribution is -2.14. The lowest BCUT2D eigenvalue weighted by Gasteiger charge is -2.12. The van der Waals surface area contributed by atoms with Crippen molar-refractivity contribution in [3.63, 3.8) is 0 Å². The van der Waals surface area contributed by atoms with Gasteiger partial charge in [0.15, 0.2) is 0 Å². The number of carbonyl (C=O) groups is 1. The van der Waals surface area contributed by atoms with Gasteiger partial charge < -0.3 is 9.88 Å². The second kappa shape index (κ2) is 8.63. The van der Waals surface area contributed by atoms with Crippen LogP contribution in [0.3, 0.4) is 0 Å². The molecule has 0 aliphatic carbocycles. The number of halogens is 1. The summed E-state index contributed by atoms with van der Waals surface area (Å²) in [5.41, 5.74) is 3.49. The van der Waals surface area contributed by atoms with Gasteiger partial charge in [-0.3, -0.25) is 14.9 Å². The van der Waals surface area contributed by atoms with Crippen LogP contribution in [0.15, 0.2) is 54.1 Å². The predicted octanol–water partition coefficient (Wildman–Crippen LogP) is 5.00. The quantitative estimate of drug-likeness (QED) is 0.273. The van der Waals surface area contributed by atoms with E-state index >= 15 is 0 Å². The van der Waals surface area contributed by atoms with E-state index in [-0.39, 0.29) is 16.9 Å². The third kappa shape index (κ3) is 4.36. The normalized spacial score (nSPS) is 11.1. The van der Waals surface area contributed by atoms with Crippen LogP contribution in [0, 0.1) is 48.0 Å². The Hall–Kier alpha value is -4.25. The number of nitro groups is 1. The maximum atomic E-state index is 13.8. The minimum atomic E-state index is -0.719. The highest BCUT2D eigenvalue weighted by Gasteiger charge is 2.17. The molecule has 0 saturated heterocycles. The molecule has 0 spiro atoms. The molecule has 3 rings (SSSR count).